The van der Waals surface area contributed by atoms with Crippen molar-refractivity contribution in [2.45, 2.75) is 52.1 Å². The molecule has 2 heterocycles. The van der Waals surface area contributed by atoms with Gasteiger partial charge in [0.2, 0.25) is 5.91 Å². The zero-order valence-electron chi connectivity index (χ0n) is 14.4. The largest absolute Gasteiger partial charge is 0.465 e. The molecule has 0 aliphatic carbocycles. The lowest BCUT2D eigenvalue weighted by Crippen LogP contribution is -2.47. The van der Waals surface area contributed by atoms with E-state index in [2.05, 4.69) is 17.1 Å². The Balaban J connectivity index is 0.00000264. The topological polar surface area (TPSA) is 71.5 Å². The molecule has 6 heteroatoms. The summed E-state index contributed by atoms with van der Waals surface area (Å²) in [7, 11) is 0. The molecule has 1 fully saturated rings. The maximum atomic E-state index is 12.2. The molecule has 3 N–H and O–H groups in total. The molecule has 1 aromatic heterocycles. The first-order valence-corrected chi connectivity index (χ1v) is 8.36. The molecular weight excluding hydrogens is 314 g/mol. The van der Waals surface area contributed by atoms with Gasteiger partial charge in [0, 0.05) is 6.54 Å². The zero-order valence-corrected chi connectivity index (χ0v) is 15.2. The first-order valence-electron chi connectivity index (χ1n) is 8.36. The Labute approximate surface area is 145 Å². The second-order valence-electron chi connectivity index (χ2n) is 6.36. The Morgan fingerprint density at radius 1 is 1.39 bits per heavy atom. The summed E-state index contributed by atoms with van der Waals surface area (Å²) in [6.45, 7) is 8.67. The van der Waals surface area contributed by atoms with Crippen molar-refractivity contribution >= 4 is 18.3 Å². The van der Waals surface area contributed by atoms with E-state index in [1.165, 1.54) is 12.8 Å². The van der Waals surface area contributed by atoms with Crippen molar-refractivity contribution in [3.05, 3.63) is 23.7 Å². The van der Waals surface area contributed by atoms with Crippen molar-refractivity contribution in [1.29, 1.82) is 0 Å². The number of carbonyl (C=O) groups is 1. The van der Waals surface area contributed by atoms with Crippen molar-refractivity contribution in [3.8, 4) is 0 Å². The quantitative estimate of drug-likeness (QED) is 0.798. The lowest BCUT2D eigenvalue weighted by molar-refractivity contribution is -0.123. The Morgan fingerprint density at radius 3 is 2.57 bits per heavy atom. The Morgan fingerprint density at radius 2 is 2.04 bits per heavy atom. The number of carbonyl (C=O) groups excluding carboxylic acids is 1. The van der Waals surface area contributed by atoms with Gasteiger partial charge in [-0.1, -0.05) is 20.3 Å². The highest BCUT2D eigenvalue weighted by molar-refractivity contribution is 5.85. The van der Waals surface area contributed by atoms with Gasteiger partial charge in [0.05, 0.1) is 12.1 Å². The minimum absolute atomic E-state index is 0. The van der Waals surface area contributed by atoms with E-state index < -0.39 is 6.04 Å². The summed E-state index contributed by atoms with van der Waals surface area (Å²) in [6, 6.07) is 3.65. The SMILES string of the molecule is CCC(C)C(N)C(=O)NCC(c1ccc(C)o1)N1CCCC1.Cl. The van der Waals surface area contributed by atoms with Crippen molar-refractivity contribution in [2.75, 3.05) is 19.6 Å². The molecule has 3 unspecified atom stereocenters. The average Bonchev–Trinajstić information content (AvgIpc) is 3.18. The average molecular weight is 344 g/mol. The van der Waals surface area contributed by atoms with Crippen LogP contribution >= 0.6 is 12.4 Å². The third-order valence-electron chi connectivity index (χ3n) is 4.70. The predicted molar refractivity (Wildman–Crippen MR) is 94.7 cm³/mol. The monoisotopic (exact) mass is 343 g/mol. The first kappa shape index (κ1) is 20.0. The molecular formula is C17H30ClN3O2. The Bertz CT molecular complexity index is 486. The van der Waals surface area contributed by atoms with Crippen LogP contribution in [0.2, 0.25) is 0 Å². The maximum Gasteiger partial charge on any atom is 0.237 e. The smallest absolute Gasteiger partial charge is 0.237 e. The minimum atomic E-state index is -0.442. The number of nitrogens with two attached hydrogens (primary N) is 1. The molecule has 0 bridgehead atoms. The van der Waals surface area contributed by atoms with Gasteiger partial charge in [-0.25, -0.2) is 0 Å². The van der Waals surface area contributed by atoms with E-state index in [4.69, 9.17) is 10.2 Å². The van der Waals surface area contributed by atoms with Gasteiger partial charge in [0.1, 0.15) is 11.5 Å². The summed E-state index contributed by atoms with van der Waals surface area (Å²) in [4.78, 5) is 14.6. The van der Waals surface area contributed by atoms with Crippen LogP contribution in [0.15, 0.2) is 16.5 Å². The van der Waals surface area contributed by atoms with E-state index in [0.717, 1.165) is 31.0 Å². The number of nitrogens with zero attached hydrogens (tertiary/aromatic N) is 1. The number of amides is 1. The van der Waals surface area contributed by atoms with E-state index in [0.29, 0.717) is 6.54 Å². The molecule has 1 aliphatic rings. The van der Waals surface area contributed by atoms with E-state index in [9.17, 15) is 4.79 Å². The van der Waals surface area contributed by atoms with E-state index in [1.54, 1.807) is 0 Å². The zero-order chi connectivity index (χ0) is 16.1. The third-order valence-corrected chi connectivity index (χ3v) is 4.70. The number of aryl methyl sites for hydroxylation is 1. The molecule has 0 aromatic carbocycles. The molecule has 0 radical (unpaired) electrons. The summed E-state index contributed by atoms with van der Waals surface area (Å²) in [5.74, 6) is 1.96. The lowest BCUT2D eigenvalue weighted by atomic mass is 9.99. The van der Waals surface area contributed by atoms with Gasteiger partial charge in [0.15, 0.2) is 0 Å². The van der Waals surface area contributed by atoms with Gasteiger partial charge in [-0.2, -0.15) is 0 Å². The Hall–Kier alpha value is -1.04. The van der Waals surface area contributed by atoms with E-state index in [-0.39, 0.29) is 30.3 Å². The molecule has 132 valence electrons. The normalized spacial score (nSPS) is 19.0. The van der Waals surface area contributed by atoms with Crippen LogP contribution < -0.4 is 11.1 Å². The third kappa shape index (κ3) is 5.23. The van der Waals surface area contributed by atoms with Gasteiger partial charge in [-0.3, -0.25) is 9.69 Å². The fraction of sp³-hybridized carbons (Fsp3) is 0.706. The Kier molecular flexibility index (Phi) is 8.09. The highest BCUT2D eigenvalue weighted by Crippen LogP contribution is 2.26. The van der Waals surface area contributed by atoms with Crippen LogP contribution in [0.25, 0.3) is 0 Å². The van der Waals surface area contributed by atoms with Crippen LogP contribution in [-0.2, 0) is 4.79 Å². The van der Waals surface area contributed by atoms with Gasteiger partial charge in [0.25, 0.3) is 0 Å². The number of hydrogen-bond acceptors (Lipinski definition) is 4. The molecule has 1 aliphatic heterocycles. The molecule has 5 nitrogen and oxygen atoms in total. The molecule has 1 saturated heterocycles. The summed E-state index contributed by atoms with van der Waals surface area (Å²) >= 11 is 0. The number of rotatable bonds is 7. The fourth-order valence-electron chi connectivity index (χ4n) is 2.92. The number of furan rings is 1. The minimum Gasteiger partial charge on any atom is -0.465 e. The fourth-order valence-corrected chi connectivity index (χ4v) is 2.92. The van der Waals surface area contributed by atoms with Crippen LogP contribution in [0.3, 0.4) is 0 Å². The molecule has 1 amide bonds. The molecule has 0 saturated carbocycles. The standard InChI is InChI=1S/C17H29N3O2.ClH/c1-4-12(2)16(18)17(21)19-11-14(20-9-5-6-10-20)15-8-7-13(3)22-15;/h7-8,12,14,16H,4-6,9-11,18H2,1-3H3,(H,19,21);1H. The lowest BCUT2D eigenvalue weighted by Gasteiger charge is -2.27. The van der Waals surface area contributed by atoms with E-state index in [1.807, 2.05) is 26.0 Å². The number of halogens is 1. The highest BCUT2D eigenvalue weighted by atomic mass is 35.5. The summed E-state index contributed by atoms with van der Waals surface area (Å²) in [6.07, 6.45) is 3.31. The number of nitrogens with one attached hydrogen (secondary N) is 1. The molecule has 23 heavy (non-hydrogen) atoms. The van der Waals surface area contributed by atoms with Crippen LogP contribution in [0.1, 0.15) is 50.7 Å². The van der Waals surface area contributed by atoms with Crippen molar-refractivity contribution in [1.82, 2.24) is 10.2 Å². The molecule has 2 rings (SSSR count). The van der Waals surface area contributed by atoms with Gasteiger partial charge in [-0.15, -0.1) is 12.4 Å². The van der Waals surface area contributed by atoms with Crippen molar-refractivity contribution in [3.63, 3.8) is 0 Å². The van der Waals surface area contributed by atoms with E-state index >= 15 is 0 Å². The summed E-state index contributed by atoms with van der Waals surface area (Å²) in [5.41, 5.74) is 6.00. The summed E-state index contributed by atoms with van der Waals surface area (Å²) < 4.78 is 5.80. The number of hydrogen-bond donors (Lipinski definition) is 2. The van der Waals surface area contributed by atoms with Crippen LogP contribution in [0.4, 0.5) is 0 Å². The van der Waals surface area contributed by atoms with Crippen molar-refractivity contribution < 1.29 is 9.21 Å². The van der Waals surface area contributed by atoms with Gasteiger partial charge < -0.3 is 15.5 Å². The molecule has 1 aromatic rings. The molecule has 3 atom stereocenters. The summed E-state index contributed by atoms with van der Waals surface area (Å²) in [5, 5.41) is 3.02. The van der Waals surface area contributed by atoms with Crippen LogP contribution in [0.5, 0.6) is 0 Å². The molecule has 0 spiro atoms. The van der Waals surface area contributed by atoms with Crippen LogP contribution in [-0.4, -0.2) is 36.5 Å². The van der Waals surface area contributed by atoms with Gasteiger partial charge >= 0.3 is 0 Å². The van der Waals surface area contributed by atoms with Gasteiger partial charge in [-0.05, 0) is 50.9 Å². The van der Waals surface area contributed by atoms with Crippen molar-refractivity contribution in [2.24, 2.45) is 11.7 Å². The van der Waals surface area contributed by atoms with Crippen LogP contribution in [0, 0.1) is 12.8 Å². The predicted octanol–water partition coefficient (Wildman–Crippen LogP) is 2.64. The number of likely N-dealkylation sites (tertiary alicyclic amines) is 1. The first-order chi connectivity index (χ1) is 10.5. The second-order valence-corrected chi connectivity index (χ2v) is 6.36. The maximum absolute atomic E-state index is 12.2. The highest BCUT2D eigenvalue weighted by Gasteiger charge is 2.27. The second kappa shape index (κ2) is 9.30.